The number of amides is 2. The second-order valence-corrected chi connectivity index (χ2v) is 5.71. The molecule has 1 heterocycles. The van der Waals surface area contributed by atoms with Crippen LogP contribution in [0.4, 0.5) is 5.69 Å². The summed E-state index contributed by atoms with van der Waals surface area (Å²) in [6.07, 6.45) is 0.155. The first kappa shape index (κ1) is 16.8. The number of nitrogens with one attached hydrogen (secondary N) is 2. The Balaban J connectivity index is 1.52. The largest absolute Gasteiger partial charge is 0.497 e. The molecule has 1 aliphatic heterocycles. The third-order valence-electron chi connectivity index (χ3n) is 4.05. The lowest BCUT2D eigenvalue weighted by Gasteiger charge is -2.24. The van der Waals surface area contributed by atoms with Crippen LogP contribution in [0.15, 0.2) is 48.5 Å². The maximum Gasteiger partial charge on any atom is 0.228 e. The van der Waals surface area contributed by atoms with Crippen LogP contribution in [0.3, 0.4) is 0 Å². The lowest BCUT2D eigenvalue weighted by atomic mass is 9.90. The summed E-state index contributed by atoms with van der Waals surface area (Å²) in [5.74, 6) is 0.687. The normalized spacial score (nSPS) is 15.7. The maximum atomic E-state index is 12.4. The second-order valence-electron chi connectivity index (χ2n) is 5.71. The summed E-state index contributed by atoms with van der Waals surface area (Å²) in [6.45, 7) is 0.712. The highest BCUT2D eigenvalue weighted by Crippen LogP contribution is 2.31. The van der Waals surface area contributed by atoms with E-state index in [-0.39, 0.29) is 18.2 Å². The highest BCUT2D eigenvalue weighted by Gasteiger charge is 2.30. The van der Waals surface area contributed by atoms with E-state index >= 15 is 0 Å². The molecule has 2 N–H and O–H groups in total. The summed E-state index contributed by atoms with van der Waals surface area (Å²) >= 11 is 0. The number of para-hydroxylation sites is 1. The van der Waals surface area contributed by atoms with Crippen LogP contribution in [-0.4, -0.2) is 32.1 Å². The second kappa shape index (κ2) is 7.70. The van der Waals surface area contributed by atoms with E-state index < -0.39 is 5.92 Å². The molecule has 0 aromatic heterocycles. The van der Waals surface area contributed by atoms with Crippen molar-refractivity contribution in [1.29, 1.82) is 0 Å². The predicted molar refractivity (Wildman–Crippen MR) is 93.9 cm³/mol. The number of anilines is 1. The molecule has 0 saturated heterocycles. The van der Waals surface area contributed by atoms with E-state index in [1.165, 1.54) is 0 Å². The van der Waals surface area contributed by atoms with Gasteiger partial charge in [-0.3, -0.25) is 9.59 Å². The molecule has 2 aromatic carbocycles. The predicted octanol–water partition coefficient (Wildman–Crippen LogP) is 2.32. The minimum absolute atomic E-state index is 0.145. The summed E-state index contributed by atoms with van der Waals surface area (Å²) in [5, 5.41) is 5.63. The SMILES string of the molecule is COc1ccc(OCCNC(=O)[C@H]2CC(=O)Nc3ccccc32)cc1. The lowest BCUT2D eigenvalue weighted by molar-refractivity contribution is -0.126. The molecule has 0 radical (unpaired) electrons. The molecule has 0 bridgehead atoms. The van der Waals surface area contributed by atoms with Gasteiger partial charge in [0.25, 0.3) is 0 Å². The Kier molecular flexibility index (Phi) is 5.18. The van der Waals surface area contributed by atoms with Crippen LogP contribution in [0, 0.1) is 0 Å². The van der Waals surface area contributed by atoms with Crippen LogP contribution < -0.4 is 20.1 Å². The van der Waals surface area contributed by atoms with Crippen molar-refractivity contribution in [3.63, 3.8) is 0 Å². The first-order valence-corrected chi connectivity index (χ1v) is 8.10. The van der Waals surface area contributed by atoms with Crippen LogP contribution in [0.5, 0.6) is 11.5 Å². The third-order valence-corrected chi connectivity index (χ3v) is 4.05. The average Bonchev–Trinajstić information content (AvgIpc) is 2.64. The number of ether oxygens (including phenoxy) is 2. The van der Waals surface area contributed by atoms with Gasteiger partial charge in [-0.15, -0.1) is 0 Å². The molecule has 2 amide bonds. The minimum Gasteiger partial charge on any atom is -0.497 e. The van der Waals surface area contributed by atoms with Crippen molar-refractivity contribution in [3.8, 4) is 11.5 Å². The molecular weight excluding hydrogens is 320 g/mol. The van der Waals surface area contributed by atoms with Gasteiger partial charge in [0.1, 0.15) is 18.1 Å². The number of fused-ring (bicyclic) bond motifs is 1. The van der Waals surface area contributed by atoms with E-state index in [9.17, 15) is 9.59 Å². The molecule has 6 nitrogen and oxygen atoms in total. The molecule has 6 heteroatoms. The van der Waals surface area contributed by atoms with Crippen molar-refractivity contribution >= 4 is 17.5 Å². The van der Waals surface area contributed by atoms with E-state index in [1.807, 2.05) is 42.5 Å². The number of methoxy groups -OCH3 is 1. The van der Waals surface area contributed by atoms with Crippen molar-refractivity contribution < 1.29 is 19.1 Å². The van der Waals surface area contributed by atoms with Crippen molar-refractivity contribution in [2.24, 2.45) is 0 Å². The molecule has 0 fully saturated rings. The van der Waals surface area contributed by atoms with Gasteiger partial charge in [-0.05, 0) is 35.9 Å². The Hall–Kier alpha value is -3.02. The fourth-order valence-electron chi connectivity index (χ4n) is 2.78. The standard InChI is InChI=1S/C19H20N2O4/c1-24-13-6-8-14(9-7-13)25-11-10-20-19(23)16-12-18(22)21-17-5-3-2-4-15(16)17/h2-9,16H,10-12H2,1H3,(H,20,23)(H,21,22)/t16-/m0/s1. The van der Waals surface area contributed by atoms with Gasteiger partial charge in [-0.2, -0.15) is 0 Å². The molecule has 1 atom stereocenters. The average molecular weight is 340 g/mol. The zero-order chi connectivity index (χ0) is 17.6. The van der Waals surface area contributed by atoms with Crippen LogP contribution >= 0.6 is 0 Å². The molecule has 1 aliphatic rings. The number of hydrogen-bond acceptors (Lipinski definition) is 4. The Morgan fingerprint density at radius 3 is 2.64 bits per heavy atom. The quantitative estimate of drug-likeness (QED) is 0.791. The van der Waals surface area contributed by atoms with Crippen LogP contribution in [0.1, 0.15) is 17.9 Å². The van der Waals surface area contributed by atoms with Gasteiger partial charge in [0.15, 0.2) is 0 Å². The van der Waals surface area contributed by atoms with Gasteiger partial charge < -0.3 is 20.1 Å². The number of benzene rings is 2. The Morgan fingerprint density at radius 2 is 1.88 bits per heavy atom. The summed E-state index contributed by atoms with van der Waals surface area (Å²) in [7, 11) is 1.61. The summed E-state index contributed by atoms with van der Waals surface area (Å²) in [5.41, 5.74) is 1.55. The van der Waals surface area contributed by atoms with Gasteiger partial charge in [-0.25, -0.2) is 0 Å². The molecule has 2 aromatic rings. The Bertz CT molecular complexity index is 758. The van der Waals surface area contributed by atoms with Gasteiger partial charge in [0.05, 0.1) is 19.6 Å². The molecule has 0 aliphatic carbocycles. The highest BCUT2D eigenvalue weighted by atomic mass is 16.5. The topological polar surface area (TPSA) is 76.7 Å². The van der Waals surface area contributed by atoms with Crippen molar-refractivity contribution in [2.45, 2.75) is 12.3 Å². The lowest BCUT2D eigenvalue weighted by Crippen LogP contribution is -2.36. The minimum atomic E-state index is -0.467. The summed E-state index contributed by atoms with van der Waals surface area (Å²) in [6, 6.07) is 14.6. The van der Waals surface area contributed by atoms with Crippen LogP contribution in [0.25, 0.3) is 0 Å². The third kappa shape index (κ3) is 4.09. The van der Waals surface area contributed by atoms with E-state index in [2.05, 4.69) is 10.6 Å². The first-order chi connectivity index (χ1) is 12.2. The fourth-order valence-corrected chi connectivity index (χ4v) is 2.78. The number of carbonyl (C=O) groups is 2. The van der Waals surface area contributed by atoms with E-state index in [1.54, 1.807) is 13.2 Å². The molecule has 3 rings (SSSR count). The Labute approximate surface area is 146 Å². The van der Waals surface area contributed by atoms with E-state index in [4.69, 9.17) is 9.47 Å². The van der Waals surface area contributed by atoms with Crippen molar-refractivity contribution in [3.05, 3.63) is 54.1 Å². The summed E-state index contributed by atoms with van der Waals surface area (Å²) in [4.78, 5) is 24.2. The fraction of sp³-hybridized carbons (Fsp3) is 0.263. The number of hydrogen-bond donors (Lipinski definition) is 2. The van der Waals surface area contributed by atoms with Crippen LogP contribution in [-0.2, 0) is 9.59 Å². The molecule has 0 saturated carbocycles. The molecule has 130 valence electrons. The molecule has 0 unspecified atom stereocenters. The van der Waals surface area contributed by atoms with Gasteiger partial charge in [0, 0.05) is 12.1 Å². The molecule has 25 heavy (non-hydrogen) atoms. The zero-order valence-corrected chi connectivity index (χ0v) is 14.0. The molecular formula is C19H20N2O4. The zero-order valence-electron chi connectivity index (χ0n) is 14.0. The smallest absolute Gasteiger partial charge is 0.228 e. The number of rotatable bonds is 6. The molecule has 0 spiro atoms. The highest BCUT2D eigenvalue weighted by molar-refractivity contribution is 6.01. The van der Waals surface area contributed by atoms with Crippen molar-refractivity contribution in [2.75, 3.05) is 25.6 Å². The van der Waals surface area contributed by atoms with Gasteiger partial charge in [0.2, 0.25) is 11.8 Å². The summed E-state index contributed by atoms with van der Waals surface area (Å²) < 4.78 is 10.7. The number of carbonyl (C=O) groups excluding carboxylic acids is 2. The first-order valence-electron chi connectivity index (χ1n) is 8.10. The van der Waals surface area contributed by atoms with Gasteiger partial charge in [-0.1, -0.05) is 18.2 Å². The Morgan fingerprint density at radius 1 is 1.16 bits per heavy atom. The monoisotopic (exact) mass is 340 g/mol. The van der Waals surface area contributed by atoms with Gasteiger partial charge >= 0.3 is 0 Å². The maximum absolute atomic E-state index is 12.4. The van der Waals surface area contributed by atoms with Crippen molar-refractivity contribution in [1.82, 2.24) is 5.32 Å². The van der Waals surface area contributed by atoms with E-state index in [0.29, 0.717) is 24.6 Å². The van der Waals surface area contributed by atoms with E-state index in [0.717, 1.165) is 11.3 Å². The van der Waals surface area contributed by atoms with Crippen LogP contribution in [0.2, 0.25) is 0 Å².